The van der Waals surface area contributed by atoms with Gasteiger partial charge in [0.05, 0.1) is 6.61 Å². The molecule has 1 aromatic heterocycles. The van der Waals surface area contributed by atoms with Gasteiger partial charge >= 0.3 is 0 Å². The Morgan fingerprint density at radius 3 is 2.76 bits per heavy atom. The SMILES string of the molecule is CCCOc1ccc(CNC(=NC)NCCCOCC2CC2)cn1.I. The van der Waals surface area contributed by atoms with Gasteiger partial charge in [-0.2, -0.15) is 0 Å². The van der Waals surface area contributed by atoms with Crippen molar-refractivity contribution in [1.29, 1.82) is 0 Å². The number of rotatable bonds is 11. The third kappa shape index (κ3) is 9.84. The van der Waals surface area contributed by atoms with Crippen LogP contribution in [0.25, 0.3) is 0 Å². The molecular weight excluding hydrogens is 431 g/mol. The maximum atomic E-state index is 5.62. The molecule has 142 valence electrons. The number of pyridine rings is 1. The lowest BCUT2D eigenvalue weighted by Gasteiger charge is -2.12. The third-order valence-electron chi connectivity index (χ3n) is 3.74. The highest BCUT2D eigenvalue weighted by Gasteiger charge is 2.20. The summed E-state index contributed by atoms with van der Waals surface area (Å²) in [7, 11) is 1.78. The topological polar surface area (TPSA) is 67.8 Å². The van der Waals surface area contributed by atoms with Gasteiger partial charge in [0.1, 0.15) is 0 Å². The number of ether oxygens (including phenoxy) is 2. The van der Waals surface area contributed by atoms with Crippen molar-refractivity contribution in [2.45, 2.75) is 39.2 Å². The van der Waals surface area contributed by atoms with Gasteiger partial charge in [0.25, 0.3) is 0 Å². The number of aromatic nitrogens is 1. The number of guanidine groups is 1. The fourth-order valence-electron chi connectivity index (χ4n) is 2.13. The zero-order chi connectivity index (χ0) is 17.0. The summed E-state index contributed by atoms with van der Waals surface area (Å²) < 4.78 is 11.1. The Kier molecular flexibility index (Phi) is 11.6. The van der Waals surface area contributed by atoms with Gasteiger partial charge in [0.2, 0.25) is 5.88 Å². The van der Waals surface area contributed by atoms with Crippen LogP contribution in [0, 0.1) is 5.92 Å². The van der Waals surface area contributed by atoms with Crippen molar-refractivity contribution in [1.82, 2.24) is 15.6 Å². The number of hydrogen-bond acceptors (Lipinski definition) is 4. The molecule has 1 saturated carbocycles. The average Bonchev–Trinajstić information content (AvgIpc) is 3.44. The molecule has 2 N–H and O–H groups in total. The summed E-state index contributed by atoms with van der Waals surface area (Å²) in [6, 6.07) is 3.92. The highest BCUT2D eigenvalue weighted by molar-refractivity contribution is 14.0. The first-order valence-corrected chi connectivity index (χ1v) is 8.91. The lowest BCUT2D eigenvalue weighted by molar-refractivity contribution is 0.123. The lowest BCUT2D eigenvalue weighted by Crippen LogP contribution is -2.37. The monoisotopic (exact) mass is 462 g/mol. The Morgan fingerprint density at radius 2 is 2.12 bits per heavy atom. The van der Waals surface area contributed by atoms with Gasteiger partial charge in [-0.3, -0.25) is 4.99 Å². The van der Waals surface area contributed by atoms with E-state index >= 15 is 0 Å². The maximum absolute atomic E-state index is 5.62. The van der Waals surface area contributed by atoms with E-state index in [9.17, 15) is 0 Å². The van der Waals surface area contributed by atoms with E-state index in [1.54, 1.807) is 7.05 Å². The highest BCUT2D eigenvalue weighted by Crippen LogP contribution is 2.28. The molecule has 1 fully saturated rings. The van der Waals surface area contributed by atoms with Crippen molar-refractivity contribution >= 4 is 29.9 Å². The molecule has 0 saturated heterocycles. The lowest BCUT2D eigenvalue weighted by atomic mass is 10.3. The van der Waals surface area contributed by atoms with E-state index < -0.39 is 0 Å². The standard InChI is InChI=1S/C18H30N4O2.HI/c1-3-10-24-17-8-7-16(12-21-17)13-22-18(19-2)20-9-4-11-23-14-15-5-6-15;/h7-8,12,15H,3-6,9-11,13-14H2,1-2H3,(H2,19,20,22);1H. The minimum absolute atomic E-state index is 0. The molecule has 0 unspecified atom stereocenters. The molecule has 1 heterocycles. The van der Waals surface area contributed by atoms with E-state index in [2.05, 4.69) is 27.5 Å². The van der Waals surface area contributed by atoms with E-state index in [0.717, 1.165) is 50.0 Å². The van der Waals surface area contributed by atoms with Crippen LogP contribution in [0.4, 0.5) is 0 Å². The van der Waals surface area contributed by atoms with Crippen molar-refractivity contribution in [3.05, 3.63) is 23.9 Å². The molecule has 1 aliphatic rings. The van der Waals surface area contributed by atoms with Gasteiger partial charge in [-0.15, -0.1) is 24.0 Å². The Hall–Kier alpha value is -1.09. The van der Waals surface area contributed by atoms with Gasteiger partial charge in [0.15, 0.2) is 5.96 Å². The Balaban J connectivity index is 0.00000312. The normalized spacial score (nSPS) is 13.9. The first kappa shape index (κ1) is 22.0. The van der Waals surface area contributed by atoms with Crippen LogP contribution in [0.3, 0.4) is 0 Å². The van der Waals surface area contributed by atoms with Crippen molar-refractivity contribution in [2.24, 2.45) is 10.9 Å². The van der Waals surface area contributed by atoms with E-state index in [-0.39, 0.29) is 24.0 Å². The molecule has 2 rings (SSSR count). The smallest absolute Gasteiger partial charge is 0.213 e. The fraction of sp³-hybridized carbons (Fsp3) is 0.667. The summed E-state index contributed by atoms with van der Waals surface area (Å²) in [5.41, 5.74) is 1.09. The summed E-state index contributed by atoms with van der Waals surface area (Å²) in [6.45, 7) is 6.05. The van der Waals surface area contributed by atoms with E-state index in [0.29, 0.717) is 19.0 Å². The molecule has 25 heavy (non-hydrogen) atoms. The summed E-state index contributed by atoms with van der Waals surface area (Å²) in [5.74, 6) is 2.30. The molecule has 0 atom stereocenters. The van der Waals surface area contributed by atoms with Crippen LogP contribution in [0.5, 0.6) is 5.88 Å². The van der Waals surface area contributed by atoms with Gasteiger partial charge in [-0.1, -0.05) is 13.0 Å². The first-order valence-electron chi connectivity index (χ1n) is 8.91. The largest absolute Gasteiger partial charge is 0.478 e. The molecule has 1 aliphatic carbocycles. The predicted octanol–water partition coefficient (Wildman–Crippen LogP) is 2.97. The zero-order valence-electron chi connectivity index (χ0n) is 15.3. The second-order valence-corrected chi connectivity index (χ2v) is 6.08. The van der Waals surface area contributed by atoms with Crippen LogP contribution < -0.4 is 15.4 Å². The van der Waals surface area contributed by atoms with Gasteiger partial charge in [-0.05, 0) is 37.2 Å². The number of nitrogens with one attached hydrogen (secondary N) is 2. The van der Waals surface area contributed by atoms with Gasteiger partial charge in [-0.25, -0.2) is 4.98 Å². The van der Waals surface area contributed by atoms with Gasteiger partial charge in [0, 0.05) is 45.6 Å². The van der Waals surface area contributed by atoms with Crippen LogP contribution in [-0.4, -0.2) is 44.4 Å². The molecule has 7 heteroatoms. The number of aliphatic imine (C=N–C) groups is 1. The van der Waals surface area contributed by atoms with Crippen LogP contribution in [0.15, 0.2) is 23.3 Å². The minimum atomic E-state index is 0. The van der Waals surface area contributed by atoms with Crippen LogP contribution in [0.2, 0.25) is 0 Å². The van der Waals surface area contributed by atoms with E-state index in [1.807, 2.05) is 18.3 Å². The predicted molar refractivity (Wildman–Crippen MR) is 112 cm³/mol. The van der Waals surface area contributed by atoms with Crippen molar-refractivity contribution in [3.63, 3.8) is 0 Å². The Bertz CT molecular complexity index is 492. The average molecular weight is 462 g/mol. The van der Waals surface area contributed by atoms with Crippen molar-refractivity contribution < 1.29 is 9.47 Å². The summed E-state index contributed by atoms with van der Waals surface area (Å²) in [6.07, 6.45) is 6.48. The second kappa shape index (κ2) is 13.2. The number of hydrogen-bond donors (Lipinski definition) is 2. The fourth-order valence-corrected chi connectivity index (χ4v) is 2.13. The molecule has 6 nitrogen and oxygen atoms in total. The van der Waals surface area contributed by atoms with Crippen molar-refractivity contribution in [2.75, 3.05) is 33.4 Å². The van der Waals surface area contributed by atoms with E-state index in [4.69, 9.17) is 9.47 Å². The Morgan fingerprint density at radius 1 is 1.28 bits per heavy atom. The molecule has 0 bridgehead atoms. The number of halogens is 1. The summed E-state index contributed by atoms with van der Waals surface area (Å²) in [5, 5.41) is 6.58. The third-order valence-corrected chi connectivity index (χ3v) is 3.74. The van der Waals surface area contributed by atoms with Crippen molar-refractivity contribution in [3.8, 4) is 5.88 Å². The van der Waals surface area contributed by atoms with Crippen LogP contribution in [0.1, 0.15) is 38.2 Å². The van der Waals surface area contributed by atoms with Gasteiger partial charge < -0.3 is 20.1 Å². The summed E-state index contributed by atoms with van der Waals surface area (Å²) >= 11 is 0. The maximum Gasteiger partial charge on any atom is 0.213 e. The van der Waals surface area contributed by atoms with E-state index in [1.165, 1.54) is 12.8 Å². The molecule has 0 aromatic carbocycles. The molecule has 0 spiro atoms. The molecule has 0 aliphatic heterocycles. The molecular formula is C18H31IN4O2. The second-order valence-electron chi connectivity index (χ2n) is 6.08. The zero-order valence-corrected chi connectivity index (χ0v) is 17.6. The highest BCUT2D eigenvalue weighted by atomic mass is 127. The summed E-state index contributed by atoms with van der Waals surface area (Å²) in [4.78, 5) is 8.52. The number of nitrogens with zero attached hydrogens (tertiary/aromatic N) is 2. The quantitative estimate of drug-likeness (QED) is 0.229. The first-order chi connectivity index (χ1) is 11.8. The minimum Gasteiger partial charge on any atom is -0.478 e. The molecule has 0 amide bonds. The Labute approximate surface area is 168 Å². The molecule has 1 aromatic rings. The van der Waals surface area contributed by atoms with Crippen LogP contribution >= 0.6 is 24.0 Å². The molecule has 0 radical (unpaired) electrons. The van der Waals surface area contributed by atoms with Crippen LogP contribution in [-0.2, 0) is 11.3 Å².